The molecule has 15 heavy (non-hydrogen) atoms. The highest BCUT2D eigenvalue weighted by Crippen LogP contribution is 2.17. The van der Waals surface area contributed by atoms with Gasteiger partial charge in [-0.15, -0.1) is 11.3 Å². The second kappa shape index (κ2) is 5.39. The molecule has 0 saturated heterocycles. The van der Waals surface area contributed by atoms with Crippen LogP contribution in [0.1, 0.15) is 23.3 Å². The third kappa shape index (κ3) is 3.12. The number of rotatable bonds is 5. The fourth-order valence-corrected chi connectivity index (χ4v) is 2.76. The molecule has 1 N–H and O–H groups in total. The summed E-state index contributed by atoms with van der Waals surface area (Å²) in [5.41, 5.74) is 3.30. The lowest BCUT2D eigenvalue weighted by molar-refractivity contribution is 0.620. The van der Waals surface area contributed by atoms with Crippen LogP contribution in [0.5, 0.6) is 0 Å². The first-order chi connectivity index (χ1) is 7.36. The first-order valence-electron chi connectivity index (χ1n) is 4.96. The number of nitrogens with one attached hydrogen (secondary N) is 1. The van der Waals surface area contributed by atoms with Crippen molar-refractivity contribution in [1.82, 2.24) is 10.3 Å². The fourth-order valence-electron chi connectivity index (χ4n) is 1.41. The minimum absolute atomic E-state index is 0.587. The summed E-state index contributed by atoms with van der Waals surface area (Å²) in [5, 5.41) is 7.81. The maximum atomic E-state index is 4.05. The molecule has 4 heteroatoms. The van der Waals surface area contributed by atoms with Crippen molar-refractivity contribution < 1.29 is 0 Å². The quantitative estimate of drug-likeness (QED) is 0.866. The van der Waals surface area contributed by atoms with Gasteiger partial charge in [0, 0.05) is 24.2 Å². The summed E-state index contributed by atoms with van der Waals surface area (Å²) in [6, 6.07) is 2.20. The first kappa shape index (κ1) is 10.8. The summed E-state index contributed by atoms with van der Waals surface area (Å²) in [4.78, 5) is 5.35. The van der Waals surface area contributed by atoms with Crippen LogP contribution in [-0.4, -0.2) is 11.5 Å². The lowest BCUT2D eigenvalue weighted by Crippen LogP contribution is -2.18. The van der Waals surface area contributed by atoms with Crippen LogP contribution >= 0.6 is 22.7 Å². The van der Waals surface area contributed by atoms with Gasteiger partial charge < -0.3 is 5.32 Å². The van der Waals surface area contributed by atoms with Crippen molar-refractivity contribution in [3.63, 3.8) is 0 Å². The molecular weight excluding hydrogens is 224 g/mol. The smallest absolute Gasteiger partial charge is 0.0794 e. The Morgan fingerprint density at radius 2 is 2.47 bits per heavy atom. The Morgan fingerprint density at radius 1 is 1.53 bits per heavy atom. The summed E-state index contributed by atoms with van der Waals surface area (Å²) in [7, 11) is 0. The normalized spacial score (nSPS) is 12.9. The van der Waals surface area contributed by atoms with E-state index in [-0.39, 0.29) is 0 Å². The monoisotopic (exact) mass is 238 g/mol. The standard InChI is InChI=1S/C11H14N2S2/c1-9(10-2-3-14-7-10)4-12-5-11-6-13-8-15-11/h2-3,6-9,12H,4-5H2,1H3. The predicted molar refractivity (Wildman–Crippen MR) is 66.6 cm³/mol. The van der Waals surface area contributed by atoms with E-state index in [4.69, 9.17) is 0 Å². The van der Waals surface area contributed by atoms with E-state index < -0.39 is 0 Å². The molecule has 0 fully saturated rings. The second-order valence-corrected chi connectivity index (χ2v) is 5.31. The highest BCUT2D eigenvalue weighted by Gasteiger charge is 2.05. The van der Waals surface area contributed by atoms with Crippen molar-refractivity contribution in [1.29, 1.82) is 0 Å². The number of hydrogen-bond donors (Lipinski definition) is 1. The number of thiophene rings is 1. The van der Waals surface area contributed by atoms with E-state index in [1.807, 2.05) is 11.7 Å². The van der Waals surface area contributed by atoms with Crippen molar-refractivity contribution in [3.8, 4) is 0 Å². The molecule has 0 amide bonds. The summed E-state index contributed by atoms with van der Waals surface area (Å²) < 4.78 is 0. The maximum absolute atomic E-state index is 4.05. The highest BCUT2D eigenvalue weighted by molar-refractivity contribution is 7.09. The van der Waals surface area contributed by atoms with Crippen LogP contribution in [-0.2, 0) is 6.54 Å². The molecule has 80 valence electrons. The van der Waals surface area contributed by atoms with Crippen molar-refractivity contribution >= 4 is 22.7 Å². The third-order valence-electron chi connectivity index (χ3n) is 2.35. The van der Waals surface area contributed by atoms with Crippen LogP contribution in [0.4, 0.5) is 0 Å². The highest BCUT2D eigenvalue weighted by atomic mass is 32.1. The average Bonchev–Trinajstić information content (AvgIpc) is 2.90. The Kier molecular flexibility index (Phi) is 3.88. The van der Waals surface area contributed by atoms with Crippen molar-refractivity contribution in [2.75, 3.05) is 6.54 Å². The van der Waals surface area contributed by atoms with Crippen LogP contribution in [0.2, 0.25) is 0 Å². The van der Waals surface area contributed by atoms with E-state index >= 15 is 0 Å². The van der Waals surface area contributed by atoms with Gasteiger partial charge in [-0.3, -0.25) is 4.98 Å². The van der Waals surface area contributed by atoms with Gasteiger partial charge in [0.1, 0.15) is 0 Å². The van der Waals surface area contributed by atoms with Gasteiger partial charge in [0.25, 0.3) is 0 Å². The zero-order valence-electron chi connectivity index (χ0n) is 8.64. The zero-order chi connectivity index (χ0) is 10.5. The fraction of sp³-hybridized carbons (Fsp3) is 0.364. The van der Waals surface area contributed by atoms with Gasteiger partial charge in [-0.25, -0.2) is 0 Å². The third-order valence-corrected chi connectivity index (χ3v) is 3.83. The van der Waals surface area contributed by atoms with Gasteiger partial charge in [0.2, 0.25) is 0 Å². The van der Waals surface area contributed by atoms with Gasteiger partial charge in [0.15, 0.2) is 0 Å². The molecule has 2 nitrogen and oxygen atoms in total. The Morgan fingerprint density at radius 3 is 3.13 bits per heavy atom. The minimum Gasteiger partial charge on any atom is -0.311 e. The zero-order valence-corrected chi connectivity index (χ0v) is 10.3. The largest absolute Gasteiger partial charge is 0.311 e. The van der Waals surface area contributed by atoms with Gasteiger partial charge in [0.05, 0.1) is 5.51 Å². The molecule has 0 spiro atoms. The maximum Gasteiger partial charge on any atom is 0.0794 e. The Balaban J connectivity index is 1.74. The van der Waals surface area contributed by atoms with E-state index in [9.17, 15) is 0 Å². The molecule has 0 bridgehead atoms. The summed E-state index contributed by atoms with van der Waals surface area (Å²) in [5.74, 6) is 0.587. The van der Waals surface area contributed by atoms with E-state index in [2.05, 4.69) is 34.1 Å². The molecule has 2 aromatic rings. The van der Waals surface area contributed by atoms with Crippen LogP contribution in [0.15, 0.2) is 28.5 Å². The predicted octanol–water partition coefficient (Wildman–Crippen LogP) is 3.10. The number of nitrogens with zero attached hydrogens (tertiary/aromatic N) is 1. The van der Waals surface area contributed by atoms with E-state index in [1.165, 1.54) is 10.4 Å². The molecular formula is C11H14N2S2. The van der Waals surface area contributed by atoms with Crippen molar-refractivity contribution in [3.05, 3.63) is 39.0 Å². The van der Waals surface area contributed by atoms with Crippen LogP contribution in [0.25, 0.3) is 0 Å². The van der Waals surface area contributed by atoms with Gasteiger partial charge in [-0.2, -0.15) is 11.3 Å². The molecule has 2 aromatic heterocycles. The molecule has 0 aliphatic heterocycles. The number of hydrogen-bond acceptors (Lipinski definition) is 4. The molecule has 1 unspecified atom stereocenters. The molecule has 1 atom stereocenters. The Labute approximate surface area is 98.0 Å². The Bertz CT molecular complexity index is 367. The molecule has 2 heterocycles. The molecule has 0 aliphatic rings. The number of aromatic nitrogens is 1. The van der Waals surface area contributed by atoms with E-state index in [0.717, 1.165) is 13.1 Å². The minimum atomic E-state index is 0.587. The first-order valence-corrected chi connectivity index (χ1v) is 6.78. The molecule has 2 rings (SSSR count). The van der Waals surface area contributed by atoms with Gasteiger partial charge in [-0.1, -0.05) is 6.92 Å². The van der Waals surface area contributed by atoms with Crippen molar-refractivity contribution in [2.45, 2.75) is 19.4 Å². The Hall–Kier alpha value is -0.710. The van der Waals surface area contributed by atoms with E-state index in [1.54, 1.807) is 22.7 Å². The summed E-state index contributed by atoms with van der Waals surface area (Å²) in [6.45, 7) is 4.20. The number of thiazole rings is 1. The van der Waals surface area contributed by atoms with Crippen LogP contribution in [0, 0.1) is 0 Å². The van der Waals surface area contributed by atoms with E-state index in [0.29, 0.717) is 5.92 Å². The molecule has 0 saturated carbocycles. The van der Waals surface area contributed by atoms with Crippen LogP contribution < -0.4 is 5.32 Å². The average molecular weight is 238 g/mol. The van der Waals surface area contributed by atoms with Gasteiger partial charge in [-0.05, 0) is 28.3 Å². The second-order valence-electron chi connectivity index (χ2n) is 3.56. The van der Waals surface area contributed by atoms with Crippen molar-refractivity contribution in [2.24, 2.45) is 0 Å². The SMILES string of the molecule is CC(CNCc1cncs1)c1ccsc1. The lowest BCUT2D eigenvalue weighted by Gasteiger charge is -2.10. The lowest BCUT2D eigenvalue weighted by atomic mass is 10.1. The molecule has 0 radical (unpaired) electrons. The summed E-state index contributed by atoms with van der Waals surface area (Å²) >= 11 is 3.46. The molecule has 0 aromatic carbocycles. The summed E-state index contributed by atoms with van der Waals surface area (Å²) in [6.07, 6.45) is 1.92. The molecule has 0 aliphatic carbocycles. The van der Waals surface area contributed by atoms with Gasteiger partial charge >= 0.3 is 0 Å². The topological polar surface area (TPSA) is 24.9 Å². The van der Waals surface area contributed by atoms with Crippen LogP contribution in [0.3, 0.4) is 0 Å².